The van der Waals surface area contributed by atoms with Crippen molar-refractivity contribution >= 4 is 12.2 Å². The quantitative estimate of drug-likeness (QED) is 0.791. The summed E-state index contributed by atoms with van der Waals surface area (Å²) >= 11 is 5.22. The summed E-state index contributed by atoms with van der Waals surface area (Å²) in [7, 11) is 0. The number of benzene rings is 1. The van der Waals surface area contributed by atoms with Gasteiger partial charge in [0.25, 0.3) is 0 Å². The third-order valence-corrected chi connectivity index (χ3v) is 4.13. The zero-order valence-corrected chi connectivity index (χ0v) is 12.0. The number of hydrogen-bond acceptors (Lipinski definition) is 2. The molecule has 0 radical (unpaired) electrons. The minimum atomic E-state index is -0.667. The maximum absolute atomic E-state index is 14.2. The van der Waals surface area contributed by atoms with E-state index in [0.29, 0.717) is 10.2 Å². The summed E-state index contributed by atoms with van der Waals surface area (Å²) in [6.07, 6.45) is 3.62. The van der Waals surface area contributed by atoms with Gasteiger partial charge in [0.05, 0.1) is 5.56 Å². The Morgan fingerprint density at radius 1 is 1.19 bits per heavy atom. The van der Waals surface area contributed by atoms with Crippen LogP contribution in [0.3, 0.4) is 0 Å². The third-order valence-electron chi connectivity index (χ3n) is 3.82. The first-order valence-electron chi connectivity index (χ1n) is 6.75. The summed E-state index contributed by atoms with van der Waals surface area (Å²) in [6.45, 7) is 0. The second kappa shape index (κ2) is 5.38. The number of rotatable bonds is 1. The molecule has 0 unspecified atom stereocenters. The Kier molecular flexibility index (Phi) is 3.56. The zero-order valence-electron chi connectivity index (χ0n) is 11.2. The first-order valence-corrected chi connectivity index (χ1v) is 7.16. The molecule has 3 rings (SSSR count). The molecule has 1 heterocycles. The standard InChI is InChI=1S/C16H12F2N2S/c17-9-5-6-10(13(18)7-9)15-11-3-1-2-4-14(11)20-16(21)12(15)8-19/h5-7H,1-4H2,(H,20,21). The van der Waals surface area contributed by atoms with Crippen molar-refractivity contribution in [2.45, 2.75) is 25.7 Å². The Morgan fingerprint density at radius 2 is 1.95 bits per heavy atom. The summed E-state index contributed by atoms with van der Waals surface area (Å²) < 4.78 is 27.6. The molecule has 0 aliphatic heterocycles. The maximum Gasteiger partial charge on any atom is 0.133 e. The average molecular weight is 302 g/mol. The van der Waals surface area contributed by atoms with Crippen molar-refractivity contribution in [1.82, 2.24) is 4.98 Å². The van der Waals surface area contributed by atoms with Gasteiger partial charge >= 0.3 is 0 Å². The molecule has 1 aromatic heterocycles. The molecule has 0 atom stereocenters. The first kappa shape index (κ1) is 13.9. The van der Waals surface area contributed by atoms with Crippen LogP contribution in [0.2, 0.25) is 0 Å². The van der Waals surface area contributed by atoms with E-state index < -0.39 is 11.6 Å². The van der Waals surface area contributed by atoms with Crippen molar-refractivity contribution < 1.29 is 8.78 Å². The Labute approximate surface area is 126 Å². The van der Waals surface area contributed by atoms with Crippen molar-refractivity contribution in [3.05, 3.63) is 51.3 Å². The summed E-state index contributed by atoms with van der Waals surface area (Å²) in [5.74, 6) is -1.30. The van der Waals surface area contributed by atoms with Crippen molar-refractivity contribution in [2.24, 2.45) is 0 Å². The van der Waals surface area contributed by atoms with Crippen molar-refractivity contribution in [3.63, 3.8) is 0 Å². The number of aromatic nitrogens is 1. The van der Waals surface area contributed by atoms with E-state index in [4.69, 9.17) is 12.2 Å². The highest BCUT2D eigenvalue weighted by molar-refractivity contribution is 7.71. The van der Waals surface area contributed by atoms with E-state index in [1.54, 1.807) is 0 Å². The van der Waals surface area contributed by atoms with E-state index in [0.717, 1.165) is 43.0 Å². The van der Waals surface area contributed by atoms with Crippen LogP contribution in [0.25, 0.3) is 11.1 Å². The predicted molar refractivity (Wildman–Crippen MR) is 78.3 cm³/mol. The molecular weight excluding hydrogens is 290 g/mol. The van der Waals surface area contributed by atoms with Crippen molar-refractivity contribution in [2.75, 3.05) is 0 Å². The highest BCUT2D eigenvalue weighted by Crippen LogP contribution is 2.35. The fourth-order valence-electron chi connectivity index (χ4n) is 2.88. The number of H-pyrrole nitrogens is 1. The molecule has 1 aliphatic carbocycles. The van der Waals surface area contributed by atoms with E-state index in [2.05, 4.69) is 11.1 Å². The van der Waals surface area contributed by atoms with Gasteiger partial charge in [0.2, 0.25) is 0 Å². The minimum Gasteiger partial charge on any atom is -0.349 e. The normalized spacial score (nSPS) is 13.6. The number of pyridine rings is 1. The molecule has 1 N–H and O–H groups in total. The summed E-state index contributed by atoms with van der Waals surface area (Å²) in [5.41, 5.74) is 2.91. The number of aromatic amines is 1. The van der Waals surface area contributed by atoms with Crippen LogP contribution in [-0.4, -0.2) is 4.98 Å². The van der Waals surface area contributed by atoms with E-state index >= 15 is 0 Å². The summed E-state index contributed by atoms with van der Waals surface area (Å²) in [6, 6.07) is 5.48. The molecule has 1 aromatic carbocycles. The number of aryl methyl sites for hydroxylation is 1. The van der Waals surface area contributed by atoms with E-state index in [1.165, 1.54) is 12.1 Å². The van der Waals surface area contributed by atoms with Crippen LogP contribution in [-0.2, 0) is 12.8 Å². The van der Waals surface area contributed by atoms with Crippen LogP contribution < -0.4 is 0 Å². The van der Waals surface area contributed by atoms with Gasteiger partial charge in [0, 0.05) is 22.9 Å². The molecule has 2 aromatic rings. The molecule has 0 saturated carbocycles. The number of fused-ring (bicyclic) bond motifs is 1. The largest absolute Gasteiger partial charge is 0.349 e. The SMILES string of the molecule is N#Cc1c(-c2ccc(F)cc2F)c2c([nH]c1=S)CCCC2. The number of nitriles is 1. The van der Waals surface area contributed by atoms with Gasteiger partial charge in [-0.05, 0) is 43.4 Å². The lowest BCUT2D eigenvalue weighted by molar-refractivity contribution is 0.585. The second-order valence-corrected chi connectivity index (χ2v) is 5.51. The molecule has 21 heavy (non-hydrogen) atoms. The zero-order chi connectivity index (χ0) is 15.0. The lowest BCUT2D eigenvalue weighted by Gasteiger charge is -2.21. The molecule has 2 nitrogen and oxygen atoms in total. The molecule has 106 valence electrons. The molecule has 0 bridgehead atoms. The van der Waals surface area contributed by atoms with Gasteiger partial charge in [-0.3, -0.25) is 0 Å². The van der Waals surface area contributed by atoms with Crippen LogP contribution in [0.15, 0.2) is 18.2 Å². The molecule has 0 amide bonds. The van der Waals surface area contributed by atoms with Gasteiger partial charge in [-0.15, -0.1) is 0 Å². The molecule has 0 fully saturated rings. The Hall–Kier alpha value is -2.06. The van der Waals surface area contributed by atoms with Crippen LogP contribution in [0.1, 0.15) is 29.7 Å². The maximum atomic E-state index is 14.2. The van der Waals surface area contributed by atoms with E-state index in [1.807, 2.05) is 0 Å². The van der Waals surface area contributed by atoms with E-state index in [9.17, 15) is 14.0 Å². The van der Waals surface area contributed by atoms with Gasteiger partial charge in [-0.2, -0.15) is 5.26 Å². The number of halogens is 2. The smallest absolute Gasteiger partial charge is 0.133 e. The van der Waals surface area contributed by atoms with Gasteiger partial charge in [0.1, 0.15) is 22.3 Å². The highest BCUT2D eigenvalue weighted by atomic mass is 32.1. The molecule has 1 aliphatic rings. The molecule has 0 spiro atoms. The van der Waals surface area contributed by atoms with Gasteiger partial charge < -0.3 is 4.98 Å². The Morgan fingerprint density at radius 3 is 2.67 bits per heavy atom. The summed E-state index contributed by atoms with van der Waals surface area (Å²) in [4.78, 5) is 3.08. The fourth-order valence-corrected chi connectivity index (χ4v) is 3.15. The summed E-state index contributed by atoms with van der Waals surface area (Å²) in [5, 5.41) is 9.37. The van der Waals surface area contributed by atoms with E-state index in [-0.39, 0.29) is 11.1 Å². The number of nitrogens with zero attached hydrogens (tertiary/aromatic N) is 1. The van der Waals surface area contributed by atoms with Crippen LogP contribution in [0.4, 0.5) is 8.78 Å². The van der Waals surface area contributed by atoms with Crippen LogP contribution >= 0.6 is 12.2 Å². The molecular formula is C16H12F2N2S. The number of hydrogen-bond donors (Lipinski definition) is 1. The lowest BCUT2D eigenvalue weighted by atomic mass is 9.87. The number of nitrogens with one attached hydrogen (secondary N) is 1. The highest BCUT2D eigenvalue weighted by Gasteiger charge is 2.22. The topological polar surface area (TPSA) is 39.6 Å². The van der Waals surface area contributed by atoms with Crippen LogP contribution in [0.5, 0.6) is 0 Å². The molecule has 0 saturated heterocycles. The lowest BCUT2D eigenvalue weighted by Crippen LogP contribution is -2.10. The second-order valence-electron chi connectivity index (χ2n) is 5.10. The fraction of sp³-hybridized carbons (Fsp3) is 0.250. The van der Waals surface area contributed by atoms with Crippen molar-refractivity contribution in [1.29, 1.82) is 5.26 Å². The van der Waals surface area contributed by atoms with Gasteiger partial charge in [0.15, 0.2) is 0 Å². The van der Waals surface area contributed by atoms with Gasteiger partial charge in [-0.25, -0.2) is 8.78 Å². The minimum absolute atomic E-state index is 0.242. The van der Waals surface area contributed by atoms with Gasteiger partial charge in [-0.1, -0.05) is 12.2 Å². The predicted octanol–water partition coefficient (Wildman–Crippen LogP) is 4.44. The average Bonchev–Trinajstić information content (AvgIpc) is 2.46. The van der Waals surface area contributed by atoms with Crippen molar-refractivity contribution in [3.8, 4) is 17.2 Å². The third kappa shape index (κ3) is 2.36. The first-order chi connectivity index (χ1) is 10.1. The monoisotopic (exact) mass is 302 g/mol. The Balaban J connectivity index is 2.37. The molecule has 5 heteroatoms. The van der Waals surface area contributed by atoms with Crippen LogP contribution in [0, 0.1) is 27.6 Å². The Bertz CT molecular complexity index is 818.